The minimum Gasteiger partial charge on any atom is -0.507 e. The maximum Gasteiger partial charge on any atom is 0.255 e. The number of hydrogen-bond donors (Lipinski definition) is 2. The topological polar surface area (TPSA) is 49.3 Å². The molecule has 0 unspecified atom stereocenters. The fraction of sp³-hybridized carbons (Fsp3) is 0.462. The number of phenols is 1. The van der Waals surface area contributed by atoms with E-state index < -0.39 is 0 Å². The monoisotopic (exact) mass is 287 g/mol. The number of carbonyl (C=O) groups excluding carboxylic acids is 1. The van der Waals surface area contributed by atoms with Crippen molar-refractivity contribution in [3.8, 4) is 5.75 Å². The Morgan fingerprint density at radius 3 is 2.61 bits per heavy atom. The number of halogens is 2. The number of carbonyl (C=O) groups is 1. The summed E-state index contributed by atoms with van der Waals surface area (Å²) in [4.78, 5) is 12.0. The van der Waals surface area contributed by atoms with Gasteiger partial charge < -0.3 is 10.4 Å². The van der Waals surface area contributed by atoms with Crippen molar-refractivity contribution in [2.75, 3.05) is 0 Å². The molecule has 0 radical (unpaired) electrons. The predicted molar refractivity (Wildman–Crippen MR) is 72.5 cm³/mol. The molecule has 0 aliphatic heterocycles. The van der Waals surface area contributed by atoms with Crippen LogP contribution in [0.4, 0.5) is 0 Å². The van der Waals surface area contributed by atoms with E-state index in [0.717, 1.165) is 25.7 Å². The van der Waals surface area contributed by atoms with E-state index in [4.69, 9.17) is 23.2 Å². The molecule has 0 atom stereocenters. The van der Waals surface area contributed by atoms with Crippen LogP contribution in [0.25, 0.3) is 0 Å². The molecule has 98 valence electrons. The molecule has 1 aromatic carbocycles. The molecule has 1 saturated carbocycles. The molecule has 2 rings (SSSR count). The van der Waals surface area contributed by atoms with E-state index in [1.807, 2.05) is 0 Å². The average molecular weight is 288 g/mol. The van der Waals surface area contributed by atoms with Gasteiger partial charge in [-0.3, -0.25) is 4.79 Å². The van der Waals surface area contributed by atoms with E-state index in [9.17, 15) is 9.90 Å². The zero-order chi connectivity index (χ0) is 13.1. The molecule has 3 nitrogen and oxygen atoms in total. The summed E-state index contributed by atoms with van der Waals surface area (Å²) in [6, 6.07) is 4.57. The van der Waals surface area contributed by atoms with Crippen LogP contribution in [0.2, 0.25) is 5.02 Å². The van der Waals surface area contributed by atoms with Crippen LogP contribution >= 0.6 is 23.2 Å². The fourth-order valence-corrected chi connectivity index (χ4v) is 2.57. The number of rotatable bonds is 2. The van der Waals surface area contributed by atoms with Gasteiger partial charge in [0.15, 0.2) is 0 Å². The molecule has 0 saturated heterocycles. The summed E-state index contributed by atoms with van der Waals surface area (Å²) < 4.78 is 0. The van der Waals surface area contributed by atoms with Crippen LogP contribution in [-0.2, 0) is 0 Å². The molecule has 0 aromatic heterocycles. The first-order chi connectivity index (χ1) is 8.56. The Hall–Kier alpha value is -0.930. The Morgan fingerprint density at radius 2 is 1.94 bits per heavy atom. The lowest BCUT2D eigenvalue weighted by Crippen LogP contribution is -2.37. The Morgan fingerprint density at radius 1 is 1.28 bits per heavy atom. The number of nitrogens with one attached hydrogen (secondary N) is 1. The third-order valence-electron chi connectivity index (χ3n) is 3.20. The van der Waals surface area contributed by atoms with Gasteiger partial charge in [-0.2, -0.15) is 0 Å². The number of phenolic OH excluding ortho intramolecular Hbond substituents is 1. The summed E-state index contributed by atoms with van der Waals surface area (Å²) >= 11 is 11.8. The highest BCUT2D eigenvalue weighted by Gasteiger charge is 2.22. The third kappa shape index (κ3) is 3.30. The predicted octanol–water partition coefficient (Wildman–Crippen LogP) is 3.33. The van der Waals surface area contributed by atoms with Gasteiger partial charge in [0.25, 0.3) is 5.91 Å². The minimum atomic E-state index is -0.284. The molecule has 18 heavy (non-hydrogen) atoms. The molecule has 1 fully saturated rings. The molecular weight excluding hydrogens is 273 g/mol. The lowest BCUT2D eigenvalue weighted by molar-refractivity contribution is 0.0925. The van der Waals surface area contributed by atoms with Gasteiger partial charge in [-0.05, 0) is 43.9 Å². The van der Waals surface area contributed by atoms with Crippen molar-refractivity contribution in [1.29, 1.82) is 0 Å². The quantitative estimate of drug-likeness (QED) is 0.820. The van der Waals surface area contributed by atoms with Crippen molar-refractivity contribution in [3.63, 3.8) is 0 Å². The Balaban J connectivity index is 2.01. The summed E-state index contributed by atoms with van der Waals surface area (Å²) in [6.45, 7) is 0. The molecule has 2 N–H and O–H groups in total. The molecule has 1 aromatic rings. The third-order valence-corrected chi connectivity index (χ3v) is 3.87. The standard InChI is InChI=1S/C13H15Cl2NO2/c14-8-1-4-10(5-2-8)16-13(18)11-7-9(15)3-6-12(11)17/h3,6-8,10,17H,1-2,4-5H2,(H,16,18). The first-order valence-corrected chi connectivity index (χ1v) is 6.81. The van der Waals surface area contributed by atoms with E-state index in [0.29, 0.717) is 5.02 Å². The van der Waals surface area contributed by atoms with Crippen molar-refractivity contribution in [2.24, 2.45) is 0 Å². The number of amides is 1. The van der Waals surface area contributed by atoms with Gasteiger partial charge in [-0.25, -0.2) is 0 Å². The van der Waals surface area contributed by atoms with E-state index in [1.54, 1.807) is 6.07 Å². The highest BCUT2D eigenvalue weighted by molar-refractivity contribution is 6.31. The molecule has 1 aliphatic carbocycles. The van der Waals surface area contributed by atoms with Gasteiger partial charge >= 0.3 is 0 Å². The lowest BCUT2D eigenvalue weighted by Gasteiger charge is -2.25. The van der Waals surface area contributed by atoms with Crippen molar-refractivity contribution >= 4 is 29.1 Å². The average Bonchev–Trinajstić information content (AvgIpc) is 2.35. The molecule has 1 aliphatic rings. The van der Waals surface area contributed by atoms with Crippen molar-refractivity contribution in [2.45, 2.75) is 37.1 Å². The van der Waals surface area contributed by atoms with Crippen LogP contribution < -0.4 is 5.32 Å². The molecular formula is C13H15Cl2NO2. The van der Waals surface area contributed by atoms with Gasteiger partial charge in [0, 0.05) is 16.4 Å². The summed E-state index contributed by atoms with van der Waals surface area (Å²) in [5.41, 5.74) is 0.218. The SMILES string of the molecule is O=C(NC1CCC(Cl)CC1)c1cc(Cl)ccc1O. The maximum absolute atomic E-state index is 12.0. The fourth-order valence-electron chi connectivity index (χ4n) is 2.15. The van der Waals surface area contributed by atoms with Crippen molar-refractivity contribution in [3.05, 3.63) is 28.8 Å². The molecule has 1 amide bonds. The van der Waals surface area contributed by atoms with E-state index in [2.05, 4.69) is 5.32 Å². The van der Waals surface area contributed by atoms with Gasteiger partial charge in [0.1, 0.15) is 5.75 Å². The first kappa shape index (κ1) is 13.5. The molecule has 0 heterocycles. The second-order valence-corrected chi connectivity index (χ2v) is 5.64. The van der Waals surface area contributed by atoms with Gasteiger partial charge in [-0.15, -0.1) is 11.6 Å². The zero-order valence-corrected chi connectivity index (χ0v) is 11.3. The van der Waals surface area contributed by atoms with Crippen molar-refractivity contribution < 1.29 is 9.90 Å². The van der Waals surface area contributed by atoms with Gasteiger partial charge in [-0.1, -0.05) is 11.6 Å². The Bertz CT molecular complexity index is 443. The van der Waals surface area contributed by atoms with Crippen LogP contribution in [0.15, 0.2) is 18.2 Å². The molecule has 0 spiro atoms. The summed E-state index contributed by atoms with van der Waals surface area (Å²) in [7, 11) is 0. The van der Waals surface area contributed by atoms with E-state index in [-0.39, 0.29) is 28.6 Å². The van der Waals surface area contributed by atoms with E-state index >= 15 is 0 Å². The normalized spacial score (nSPS) is 23.7. The largest absolute Gasteiger partial charge is 0.507 e. The van der Waals surface area contributed by atoms with Gasteiger partial charge in [0.2, 0.25) is 0 Å². The second-order valence-electron chi connectivity index (χ2n) is 4.58. The van der Waals surface area contributed by atoms with Gasteiger partial charge in [0.05, 0.1) is 5.56 Å². The highest BCUT2D eigenvalue weighted by Crippen LogP contribution is 2.25. The van der Waals surface area contributed by atoms with Crippen LogP contribution in [0.5, 0.6) is 5.75 Å². The van der Waals surface area contributed by atoms with Crippen LogP contribution in [0, 0.1) is 0 Å². The lowest BCUT2D eigenvalue weighted by atomic mass is 9.95. The zero-order valence-electron chi connectivity index (χ0n) is 9.83. The van der Waals surface area contributed by atoms with Crippen LogP contribution in [0.1, 0.15) is 36.0 Å². The second kappa shape index (κ2) is 5.81. The minimum absolute atomic E-state index is 0.0528. The Kier molecular flexibility index (Phi) is 4.36. The van der Waals surface area contributed by atoms with Crippen LogP contribution in [0.3, 0.4) is 0 Å². The Labute approximate surface area is 116 Å². The van der Waals surface area contributed by atoms with Crippen LogP contribution in [-0.4, -0.2) is 22.4 Å². The highest BCUT2D eigenvalue weighted by atomic mass is 35.5. The summed E-state index contributed by atoms with van der Waals surface area (Å²) in [6.07, 6.45) is 3.57. The smallest absolute Gasteiger partial charge is 0.255 e. The number of benzene rings is 1. The van der Waals surface area contributed by atoms with Crippen molar-refractivity contribution in [1.82, 2.24) is 5.32 Å². The molecule has 5 heteroatoms. The molecule has 0 bridgehead atoms. The maximum atomic E-state index is 12.0. The summed E-state index contributed by atoms with van der Waals surface area (Å²) in [5.74, 6) is -0.337. The number of alkyl halides is 1. The van der Waals surface area contributed by atoms with E-state index in [1.165, 1.54) is 12.1 Å². The first-order valence-electron chi connectivity index (χ1n) is 5.99. The number of aromatic hydroxyl groups is 1. The summed E-state index contributed by atoms with van der Waals surface area (Å²) in [5, 5.41) is 13.2. The number of hydrogen-bond acceptors (Lipinski definition) is 2.